The molecule has 2 aliphatic rings. The van der Waals surface area contributed by atoms with Crippen molar-refractivity contribution in [1.29, 1.82) is 0 Å². The molecule has 3 rings (SSSR count). The van der Waals surface area contributed by atoms with Gasteiger partial charge in [0.2, 0.25) is 0 Å². The summed E-state index contributed by atoms with van der Waals surface area (Å²) in [6, 6.07) is 0.987. The molecule has 1 unspecified atom stereocenters. The molecular formula is C16H22F3N3O3. The third kappa shape index (κ3) is 4.05. The van der Waals surface area contributed by atoms with Gasteiger partial charge in [0, 0.05) is 38.9 Å². The van der Waals surface area contributed by atoms with Crippen LogP contribution in [0, 0.1) is 5.92 Å². The molecule has 2 fully saturated rings. The van der Waals surface area contributed by atoms with Crippen molar-refractivity contribution in [2.75, 3.05) is 37.6 Å². The zero-order chi connectivity index (χ0) is 18.2. The second kappa shape index (κ2) is 7.06. The summed E-state index contributed by atoms with van der Waals surface area (Å²) >= 11 is 0. The Morgan fingerprint density at radius 1 is 1.12 bits per heavy atom. The molecule has 0 amide bonds. The fourth-order valence-electron chi connectivity index (χ4n) is 3.67. The molecule has 0 radical (unpaired) electrons. The zero-order valence-electron chi connectivity index (χ0n) is 13.6. The van der Waals surface area contributed by atoms with E-state index in [9.17, 15) is 28.5 Å². The maximum Gasteiger partial charge on any atom is 0.418 e. The third-order valence-electron chi connectivity index (χ3n) is 4.93. The van der Waals surface area contributed by atoms with Crippen LogP contribution in [0.5, 0.6) is 0 Å². The van der Waals surface area contributed by atoms with E-state index in [1.54, 1.807) is 4.90 Å². The summed E-state index contributed by atoms with van der Waals surface area (Å²) in [5.74, 6) is 0.121. The second-order valence-corrected chi connectivity index (χ2v) is 6.84. The first-order valence-corrected chi connectivity index (χ1v) is 8.28. The lowest BCUT2D eigenvalue weighted by Crippen LogP contribution is -2.56. The second-order valence-electron chi connectivity index (χ2n) is 6.84. The molecule has 1 aromatic rings. The Kier molecular flexibility index (Phi) is 5.19. The van der Waals surface area contributed by atoms with Crippen molar-refractivity contribution in [3.8, 4) is 0 Å². The summed E-state index contributed by atoms with van der Waals surface area (Å²) < 4.78 is 39.5. The van der Waals surface area contributed by atoms with Gasteiger partial charge in [0.05, 0.1) is 29.7 Å². The standard InChI is InChI=1S/C16H22F3N3O3/c17-16(18,19)11-1-3-20-5-12(11)22-4-2-10(7-22)6-21-8-13(23)15(25)14(24)9-21/h1,3,5,10,13-15,23-25H,2,4,6-9H2/t10-,13-,14+,15?/m1/s1. The zero-order valence-corrected chi connectivity index (χ0v) is 13.6. The molecular weight excluding hydrogens is 339 g/mol. The number of aromatic nitrogens is 1. The van der Waals surface area contributed by atoms with E-state index in [0.29, 0.717) is 19.6 Å². The smallest absolute Gasteiger partial charge is 0.389 e. The largest absolute Gasteiger partial charge is 0.418 e. The summed E-state index contributed by atoms with van der Waals surface area (Å²) in [5, 5.41) is 29.1. The number of anilines is 1. The first-order valence-electron chi connectivity index (χ1n) is 8.28. The van der Waals surface area contributed by atoms with Gasteiger partial charge in [0.15, 0.2) is 0 Å². The van der Waals surface area contributed by atoms with Crippen molar-refractivity contribution >= 4 is 5.69 Å². The van der Waals surface area contributed by atoms with Crippen LogP contribution in [0.1, 0.15) is 12.0 Å². The normalized spacial score (nSPS) is 31.5. The van der Waals surface area contributed by atoms with E-state index in [-0.39, 0.29) is 24.7 Å². The monoisotopic (exact) mass is 361 g/mol. The predicted octanol–water partition coefficient (Wildman–Crippen LogP) is 0.325. The number of rotatable bonds is 3. The Morgan fingerprint density at radius 2 is 1.80 bits per heavy atom. The van der Waals surface area contributed by atoms with Gasteiger partial charge in [0.1, 0.15) is 6.10 Å². The Hall–Kier alpha value is -1.42. The van der Waals surface area contributed by atoms with E-state index in [2.05, 4.69) is 4.98 Å². The maximum absolute atomic E-state index is 13.2. The number of aliphatic hydroxyl groups is 3. The summed E-state index contributed by atoms with van der Waals surface area (Å²) in [6.07, 6.45) is -4.50. The lowest BCUT2D eigenvalue weighted by atomic mass is 10.00. The van der Waals surface area contributed by atoms with Crippen LogP contribution in [0.25, 0.3) is 0 Å². The Bertz CT molecular complexity index is 589. The molecule has 1 aromatic heterocycles. The van der Waals surface area contributed by atoms with Crippen molar-refractivity contribution in [1.82, 2.24) is 9.88 Å². The van der Waals surface area contributed by atoms with E-state index in [1.165, 1.54) is 6.20 Å². The Balaban J connectivity index is 1.63. The van der Waals surface area contributed by atoms with Gasteiger partial charge in [0.25, 0.3) is 0 Å². The molecule has 0 spiro atoms. The third-order valence-corrected chi connectivity index (χ3v) is 4.93. The van der Waals surface area contributed by atoms with Crippen molar-refractivity contribution in [2.45, 2.75) is 30.9 Å². The van der Waals surface area contributed by atoms with Crippen LogP contribution < -0.4 is 4.90 Å². The Morgan fingerprint density at radius 3 is 2.44 bits per heavy atom. The molecule has 9 heteroatoms. The van der Waals surface area contributed by atoms with Crippen LogP contribution in [0.3, 0.4) is 0 Å². The van der Waals surface area contributed by atoms with Gasteiger partial charge < -0.3 is 20.2 Å². The summed E-state index contributed by atoms with van der Waals surface area (Å²) in [4.78, 5) is 7.36. The first kappa shape index (κ1) is 18.4. The highest BCUT2D eigenvalue weighted by Gasteiger charge is 2.38. The number of pyridine rings is 1. The number of β-amino-alcohol motifs (C(OH)–C–C–N with tert-alkyl or cyclic N) is 2. The number of alkyl halides is 3. The maximum atomic E-state index is 13.2. The van der Waals surface area contributed by atoms with Crippen molar-refractivity contribution in [3.05, 3.63) is 24.0 Å². The molecule has 3 heterocycles. The van der Waals surface area contributed by atoms with Crippen LogP contribution in [0.15, 0.2) is 18.5 Å². The van der Waals surface area contributed by atoms with E-state index in [1.807, 2.05) is 4.90 Å². The number of halogens is 3. The van der Waals surface area contributed by atoms with Crippen molar-refractivity contribution < 1.29 is 28.5 Å². The number of hydrogen-bond donors (Lipinski definition) is 3. The average Bonchev–Trinajstić information content (AvgIpc) is 3.00. The molecule has 0 aliphatic carbocycles. The molecule has 3 N–H and O–H groups in total. The molecule has 6 nitrogen and oxygen atoms in total. The molecule has 0 aromatic carbocycles. The van der Waals surface area contributed by atoms with Crippen LogP contribution >= 0.6 is 0 Å². The molecule has 2 aliphatic heterocycles. The number of likely N-dealkylation sites (tertiary alicyclic amines) is 1. The van der Waals surface area contributed by atoms with Crippen LogP contribution in [0.2, 0.25) is 0 Å². The highest BCUT2D eigenvalue weighted by Crippen LogP contribution is 2.37. The average molecular weight is 361 g/mol. The van der Waals surface area contributed by atoms with Crippen molar-refractivity contribution in [3.63, 3.8) is 0 Å². The first-order chi connectivity index (χ1) is 11.8. The van der Waals surface area contributed by atoms with Gasteiger partial charge in [-0.15, -0.1) is 0 Å². The van der Waals surface area contributed by atoms with Gasteiger partial charge in [-0.1, -0.05) is 0 Å². The minimum atomic E-state index is -4.42. The topological polar surface area (TPSA) is 80.1 Å². The highest BCUT2D eigenvalue weighted by atomic mass is 19.4. The molecule has 0 bridgehead atoms. The minimum Gasteiger partial charge on any atom is -0.389 e. The van der Waals surface area contributed by atoms with Crippen LogP contribution in [0.4, 0.5) is 18.9 Å². The van der Waals surface area contributed by atoms with Gasteiger partial charge in [-0.2, -0.15) is 13.2 Å². The summed E-state index contributed by atoms with van der Waals surface area (Å²) in [6.45, 7) is 2.00. The van der Waals surface area contributed by atoms with E-state index < -0.39 is 30.1 Å². The summed E-state index contributed by atoms with van der Waals surface area (Å²) in [5.41, 5.74) is -0.596. The van der Waals surface area contributed by atoms with E-state index in [0.717, 1.165) is 18.7 Å². The summed E-state index contributed by atoms with van der Waals surface area (Å²) in [7, 11) is 0. The van der Waals surface area contributed by atoms with Gasteiger partial charge >= 0.3 is 6.18 Å². The molecule has 4 atom stereocenters. The quantitative estimate of drug-likeness (QED) is 0.720. The number of hydrogen-bond acceptors (Lipinski definition) is 6. The van der Waals surface area contributed by atoms with Gasteiger partial charge in [-0.25, -0.2) is 0 Å². The highest BCUT2D eigenvalue weighted by molar-refractivity contribution is 5.53. The SMILES string of the molecule is OC1[C@H](O)CN(C[C@H]2CCN(c3cnccc3C(F)(F)F)C2)C[C@@H]1O. The molecule has 25 heavy (non-hydrogen) atoms. The van der Waals surface area contributed by atoms with E-state index >= 15 is 0 Å². The fourth-order valence-corrected chi connectivity index (χ4v) is 3.67. The number of aliphatic hydroxyl groups excluding tert-OH is 3. The number of nitrogens with zero attached hydrogens (tertiary/aromatic N) is 3. The van der Waals surface area contributed by atoms with Gasteiger partial charge in [-0.3, -0.25) is 9.88 Å². The predicted molar refractivity (Wildman–Crippen MR) is 84.0 cm³/mol. The van der Waals surface area contributed by atoms with Crippen LogP contribution in [-0.4, -0.2) is 76.2 Å². The lowest BCUT2D eigenvalue weighted by molar-refractivity contribution is -0.137. The minimum absolute atomic E-state index is 0.0895. The number of piperidine rings is 1. The van der Waals surface area contributed by atoms with Gasteiger partial charge in [-0.05, 0) is 18.4 Å². The lowest BCUT2D eigenvalue weighted by Gasteiger charge is -2.38. The fraction of sp³-hybridized carbons (Fsp3) is 0.688. The molecule has 140 valence electrons. The molecule has 0 saturated carbocycles. The molecule has 2 saturated heterocycles. The van der Waals surface area contributed by atoms with E-state index in [4.69, 9.17) is 0 Å². The van der Waals surface area contributed by atoms with Crippen molar-refractivity contribution in [2.24, 2.45) is 5.92 Å². The van der Waals surface area contributed by atoms with Crippen LogP contribution in [-0.2, 0) is 6.18 Å². The Labute approximate surface area is 143 Å².